The van der Waals surface area contributed by atoms with Gasteiger partial charge in [-0.25, -0.2) is 5.48 Å². The smallest absolute Gasteiger partial charge is 0.382 e. The highest BCUT2D eigenvalue weighted by Gasteiger charge is 2.26. The normalized spacial score (nSPS) is 12.4. The quantitative estimate of drug-likeness (QED) is 0.753. The predicted molar refractivity (Wildman–Crippen MR) is 51.5 cm³/mol. The van der Waals surface area contributed by atoms with Crippen LogP contribution in [0.25, 0.3) is 6.08 Å². The highest BCUT2D eigenvalue weighted by atomic mass is 19.2. The molecule has 0 aromatic heterocycles. The Morgan fingerprint density at radius 3 is 2.93 bits per heavy atom. The van der Waals surface area contributed by atoms with Crippen LogP contribution in [-0.2, 0) is 0 Å². The first-order valence-electron chi connectivity index (χ1n) is 4.24. The SMILES string of the molecule is O=C(B(F)F)c1ccc2c(c1)C=CNO2. The van der Waals surface area contributed by atoms with E-state index in [9.17, 15) is 13.4 Å². The van der Waals surface area contributed by atoms with Gasteiger partial charge < -0.3 is 4.84 Å². The molecule has 1 N–H and O–H groups in total. The van der Waals surface area contributed by atoms with E-state index in [0.29, 0.717) is 11.3 Å². The van der Waals surface area contributed by atoms with Crippen LogP contribution >= 0.6 is 0 Å². The zero-order valence-corrected chi connectivity index (χ0v) is 7.54. The van der Waals surface area contributed by atoms with Crippen molar-refractivity contribution in [2.24, 2.45) is 0 Å². The molecule has 0 saturated carbocycles. The van der Waals surface area contributed by atoms with Gasteiger partial charge in [0.1, 0.15) is 0 Å². The molecule has 0 saturated heterocycles. The van der Waals surface area contributed by atoms with Crippen molar-refractivity contribution in [3.8, 4) is 5.75 Å². The molecule has 1 aromatic carbocycles. The number of nitrogens with one attached hydrogen (secondary N) is 1. The Hall–Kier alpha value is -1.85. The summed E-state index contributed by atoms with van der Waals surface area (Å²) in [6.07, 6.45) is 3.15. The van der Waals surface area contributed by atoms with Gasteiger partial charge >= 0.3 is 7.27 Å². The maximum Gasteiger partial charge on any atom is 0.614 e. The van der Waals surface area contributed by atoms with Crippen LogP contribution in [0.1, 0.15) is 15.9 Å². The molecular formula is C9H6BF2NO2. The van der Waals surface area contributed by atoms with E-state index >= 15 is 0 Å². The van der Waals surface area contributed by atoms with Crippen LogP contribution in [0.3, 0.4) is 0 Å². The molecule has 0 unspecified atom stereocenters. The molecule has 0 amide bonds. The molecule has 0 spiro atoms. The summed E-state index contributed by atoms with van der Waals surface area (Å²) in [7, 11) is -2.98. The van der Waals surface area contributed by atoms with Gasteiger partial charge in [-0.15, -0.1) is 0 Å². The topological polar surface area (TPSA) is 38.3 Å². The van der Waals surface area contributed by atoms with Gasteiger partial charge in [-0.3, -0.25) is 13.4 Å². The Balaban J connectivity index is 2.37. The van der Waals surface area contributed by atoms with Crippen LogP contribution in [0.2, 0.25) is 0 Å². The van der Waals surface area contributed by atoms with Gasteiger partial charge in [0.25, 0.3) is 0 Å². The number of hydroxylamine groups is 1. The minimum Gasteiger partial charge on any atom is -0.382 e. The molecular weight excluding hydrogens is 203 g/mol. The largest absolute Gasteiger partial charge is 0.614 e. The van der Waals surface area contributed by atoms with E-state index in [0.717, 1.165) is 0 Å². The number of carbonyl (C=O) groups is 1. The molecule has 15 heavy (non-hydrogen) atoms. The van der Waals surface area contributed by atoms with Gasteiger partial charge in [0, 0.05) is 17.3 Å². The fraction of sp³-hybridized carbons (Fsp3) is 0. The highest BCUT2D eigenvalue weighted by Crippen LogP contribution is 2.23. The van der Waals surface area contributed by atoms with E-state index in [1.165, 1.54) is 24.4 Å². The van der Waals surface area contributed by atoms with Gasteiger partial charge in [0.15, 0.2) is 5.75 Å². The molecule has 76 valence electrons. The van der Waals surface area contributed by atoms with Crippen molar-refractivity contribution in [3.05, 3.63) is 35.5 Å². The van der Waals surface area contributed by atoms with E-state index in [4.69, 9.17) is 4.84 Å². The summed E-state index contributed by atoms with van der Waals surface area (Å²) in [6.45, 7) is 0. The first-order valence-corrected chi connectivity index (χ1v) is 4.24. The zero-order valence-electron chi connectivity index (χ0n) is 7.54. The maximum absolute atomic E-state index is 12.1. The third kappa shape index (κ3) is 1.83. The molecule has 0 aliphatic carbocycles. The number of hydrogen-bond acceptors (Lipinski definition) is 3. The number of hydrogen-bond donors (Lipinski definition) is 1. The lowest BCUT2D eigenvalue weighted by Gasteiger charge is -2.12. The third-order valence-electron chi connectivity index (χ3n) is 1.99. The third-order valence-corrected chi connectivity index (χ3v) is 1.99. The molecule has 0 atom stereocenters. The van der Waals surface area contributed by atoms with Gasteiger partial charge in [-0.1, -0.05) is 0 Å². The molecule has 1 aromatic rings. The van der Waals surface area contributed by atoms with E-state index in [-0.39, 0.29) is 5.56 Å². The summed E-state index contributed by atoms with van der Waals surface area (Å²) in [5.41, 5.74) is 1.91. The lowest BCUT2D eigenvalue weighted by molar-refractivity contribution is 0.105. The Labute approximate surface area is 84.9 Å². The number of carbonyl (C=O) groups excluding carboxylic acids is 1. The second-order valence-corrected chi connectivity index (χ2v) is 2.97. The number of benzene rings is 1. The molecule has 0 fully saturated rings. The fourth-order valence-corrected chi connectivity index (χ4v) is 1.27. The highest BCUT2D eigenvalue weighted by molar-refractivity contribution is 6.82. The van der Waals surface area contributed by atoms with Gasteiger partial charge in [-0.05, 0) is 24.3 Å². The molecule has 3 nitrogen and oxygen atoms in total. The van der Waals surface area contributed by atoms with Crippen molar-refractivity contribution in [1.82, 2.24) is 5.48 Å². The Morgan fingerprint density at radius 1 is 1.40 bits per heavy atom. The van der Waals surface area contributed by atoms with Crippen molar-refractivity contribution in [1.29, 1.82) is 0 Å². The first-order chi connectivity index (χ1) is 7.18. The summed E-state index contributed by atoms with van der Waals surface area (Å²) in [4.78, 5) is 16.0. The summed E-state index contributed by atoms with van der Waals surface area (Å²) in [5, 5.41) is 0. The number of fused-ring (bicyclic) bond motifs is 1. The van der Waals surface area contributed by atoms with Crippen LogP contribution in [0.5, 0.6) is 5.75 Å². The maximum atomic E-state index is 12.1. The predicted octanol–water partition coefficient (Wildman–Crippen LogP) is 1.70. The first kappa shape index (κ1) is 9.70. The summed E-state index contributed by atoms with van der Waals surface area (Å²) in [6, 6.07) is 4.16. The molecule has 0 bridgehead atoms. The van der Waals surface area contributed by atoms with Crippen molar-refractivity contribution >= 4 is 19.0 Å². The molecule has 6 heteroatoms. The van der Waals surface area contributed by atoms with Crippen LogP contribution in [0.15, 0.2) is 24.4 Å². The summed E-state index contributed by atoms with van der Waals surface area (Å²) in [5.74, 6) is 0.503. The average Bonchev–Trinajstić information content (AvgIpc) is 2.27. The zero-order chi connectivity index (χ0) is 10.8. The second-order valence-electron chi connectivity index (χ2n) is 2.97. The van der Waals surface area contributed by atoms with Crippen molar-refractivity contribution < 1.29 is 18.3 Å². The Kier molecular flexibility index (Phi) is 2.41. The minimum absolute atomic E-state index is 0.0149. The average molecular weight is 209 g/mol. The lowest BCUT2D eigenvalue weighted by Crippen LogP contribution is -2.17. The fourth-order valence-electron chi connectivity index (χ4n) is 1.27. The van der Waals surface area contributed by atoms with E-state index < -0.39 is 12.9 Å². The van der Waals surface area contributed by atoms with Crippen LogP contribution in [0.4, 0.5) is 8.63 Å². The molecule has 0 radical (unpaired) electrons. The monoisotopic (exact) mass is 209 g/mol. The minimum atomic E-state index is -2.98. The van der Waals surface area contributed by atoms with Gasteiger partial charge in [0.2, 0.25) is 5.68 Å². The molecule has 1 aliphatic heterocycles. The van der Waals surface area contributed by atoms with E-state index in [2.05, 4.69) is 5.48 Å². The van der Waals surface area contributed by atoms with E-state index in [1.807, 2.05) is 0 Å². The van der Waals surface area contributed by atoms with Crippen LogP contribution in [-0.4, -0.2) is 12.9 Å². The Bertz CT molecular complexity index is 434. The number of rotatable bonds is 2. The van der Waals surface area contributed by atoms with E-state index in [1.54, 1.807) is 6.08 Å². The van der Waals surface area contributed by atoms with Crippen molar-refractivity contribution in [2.45, 2.75) is 0 Å². The van der Waals surface area contributed by atoms with Crippen molar-refractivity contribution in [3.63, 3.8) is 0 Å². The number of halogens is 2. The Morgan fingerprint density at radius 2 is 2.20 bits per heavy atom. The molecule has 2 rings (SSSR count). The van der Waals surface area contributed by atoms with Crippen LogP contribution < -0.4 is 10.3 Å². The second kappa shape index (κ2) is 3.72. The molecule has 1 aliphatic rings. The molecule has 1 heterocycles. The summed E-state index contributed by atoms with van der Waals surface area (Å²) >= 11 is 0. The van der Waals surface area contributed by atoms with Gasteiger partial charge in [0.05, 0.1) is 0 Å². The van der Waals surface area contributed by atoms with Gasteiger partial charge in [-0.2, -0.15) is 0 Å². The lowest BCUT2D eigenvalue weighted by atomic mass is 9.85. The van der Waals surface area contributed by atoms with Crippen LogP contribution in [0, 0.1) is 0 Å². The standard InChI is InChI=1S/C9H6BF2NO2/c11-10(12)9(14)7-1-2-8-6(5-7)3-4-13-15-8/h1-5,13H. The van der Waals surface area contributed by atoms with Crippen molar-refractivity contribution in [2.75, 3.05) is 0 Å². The summed E-state index contributed by atoms with van der Waals surface area (Å²) < 4.78 is 24.3.